The standard InChI is InChI=1S/C36H39N3O7/c1-39(21-23-12-15-28(42-2)29(18-23)43-3)17-16-22-10-13-25(14-11-22)37-31(40)19-24-8-7-9-26-33(24)38-27-20-30(44-4)35(45-5)36(46-6)32(27)34(26)41/h7-15,18,20H,16-17,19,21H2,1-6H3,(H,37,40)(H,38,41). The Balaban J connectivity index is 1.25. The van der Waals surface area contributed by atoms with Gasteiger partial charge in [0, 0.05) is 30.2 Å². The van der Waals surface area contributed by atoms with Gasteiger partial charge >= 0.3 is 0 Å². The van der Waals surface area contributed by atoms with E-state index < -0.39 is 0 Å². The molecule has 0 fully saturated rings. The number of fused-ring (bicyclic) bond motifs is 2. The van der Waals surface area contributed by atoms with Gasteiger partial charge in [-0.2, -0.15) is 0 Å². The molecule has 240 valence electrons. The van der Waals surface area contributed by atoms with Gasteiger partial charge in [0.15, 0.2) is 23.0 Å². The number of aromatic amines is 1. The van der Waals surface area contributed by atoms with Crippen LogP contribution in [0, 0.1) is 0 Å². The van der Waals surface area contributed by atoms with Gasteiger partial charge in [-0.3, -0.25) is 9.59 Å². The van der Waals surface area contributed by atoms with Gasteiger partial charge < -0.3 is 38.9 Å². The number of para-hydroxylation sites is 1. The molecular weight excluding hydrogens is 586 g/mol. The Labute approximate surface area is 267 Å². The molecule has 10 heteroatoms. The number of ether oxygens (including phenoxy) is 5. The van der Waals surface area contributed by atoms with Gasteiger partial charge in [-0.1, -0.05) is 30.3 Å². The van der Waals surface area contributed by atoms with Crippen molar-refractivity contribution in [2.45, 2.75) is 19.4 Å². The fraction of sp³-hybridized carbons (Fsp3) is 0.278. The summed E-state index contributed by atoms with van der Waals surface area (Å²) in [6.45, 7) is 1.64. The predicted molar refractivity (Wildman–Crippen MR) is 180 cm³/mol. The average Bonchev–Trinajstić information content (AvgIpc) is 3.07. The lowest BCUT2D eigenvalue weighted by atomic mass is 10.0. The fourth-order valence-corrected chi connectivity index (χ4v) is 5.66. The summed E-state index contributed by atoms with van der Waals surface area (Å²) >= 11 is 0. The smallest absolute Gasteiger partial charge is 0.228 e. The maximum atomic E-state index is 13.6. The second kappa shape index (κ2) is 14.3. The molecule has 0 aliphatic rings. The molecule has 1 amide bonds. The van der Waals surface area contributed by atoms with E-state index in [2.05, 4.69) is 22.2 Å². The molecule has 5 aromatic rings. The Hall–Kier alpha value is -5.22. The molecule has 4 aromatic carbocycles. The minimum absolute atomic E-state index is 0.0753. The lowest BCUT2D eigenvalue weighted by Crippen LogP contribution is -2.20. The van der Waals surface area contributed by atoms with E-state index in [0.717, 1.165) is 36.4 Å². The van der Waals surface area contributed by atoms with E-state index in [1.165, 1.54) is 21.3 Å². The van der Waals surface area contributed by atoms with Gasteiger partial charge in [0.05, 0.1) is 58.4 Å². The van der Waals surface area contributed by atoms with Crippen LogP contribution in [0.3, 0.4) is 0 Å². The molecular formula is C36H39N3O7. The molecule has 0 unspecified atom stereocenters. The zero-order chi connectivity index (χ0) is 32.8. The molecule has 0 radical (unpaired) electrons. The van der Waals surface area contributed by atoms with Gasteiger partial charge in [0.1, 0.15) is 0 Å². The lowest BCUT2D eigenvalue weighted by molar-refractivity contribution is -0.115. The number of nitrogens with one attached hydrogen (secondary N) is 2. The van der Waals surface area contributed by atoms with Crippen molar-refractivity contribution < 1.29 is 28.5 Å². The number of carbonyl (C=O) groups excluding carboxylic acids is 1. The zero-order valence-corrected chi connectivity index (χ0v) is 27.0. The highest BCUT2D eigenvalue weighted by Gasteiger charge is 2.21. The Bertz CT molecular complexity index is 1920. The number of aromatic nitrogens is 1. The van der Waals surface area contributed by atoms with Crippen LogP contribution in [0.1, 0.15) is 16.7 Å². The molecule has 5 rings (SSSR count). The second-order valence-corrected chi connectivity index (χ2v) is 11.0. The summed E-state index contributed by atoms with van der Waals surface area (Å²) in [4.78, 5) is 32.3. The normalized spacial score (nSPS) is 11.1. The summed E-state index contributed by atoms with van der Waals surface area (Å²) in [6, 6.07) is 20.9. The van der Waals surface area contributed by atoms with Crippen molar-refractivity contribution in [2.24, 2.45) is 0 Å². The Morgan fingerprint density at radius 3 is 2.15 bits per heavy atom. The molecule has 0 spiro atoms. The molecule has 2 N–H and O–H groups in total. The number of likely N-dealkylation sites (N-methyl/N-ethyl adjacent to an activating group) is 1. The van der Waals surface area contributed by atoms with Crippen LogP contribution in [0.25, 0.3) is 21.8 Å². The number of methoxy groups -OCH3 is 5. The van der Waals surface area contributed by atoms with E-state index in [-0.39, 0.29) is 23.5 Å². The van der Waals surface area contributed by atoms with Crippen LogP contribution in [0.2, 0.25) is 0 Å². The third-order valence-corrected chi connectivity index (χ3v) is 7.98. The van der Waals surface area contributed by atoms with Crippen molar-refractivity contribution in [3.63, 3.8) is 0 Å². The number of amides is 1. The largest absolute Gasteiger partial charge is 0.493 e. The van der Waals surface area contributed by atoms with E-state index in [4.69, 9.17) is 23.7 Å². The number of H-pyrrole nitrogens is 1. The summed E-state index contributed by atoms with van der Waals surface area (Å²) in [5.41, 5.74) is 4.57. The van der Waals surface area contributed by atoms with Gasteiger partial charge in [-0.15, -0.1) is 0 Å². The highest BCUT2D eigenvalue weighted by atomic mass is 16.5. The van der Waals surface area contributed by atoms with Gasteiger partial charge in [0.2, 0.25) is 17.1 Å². The van der Waals surface area contributed by atoms with Crippen LogP contribution in [0.4, 0.5) is 5.69 Å². The molecule has 1 heterocycles. The second-order valence-electron chi connectivity index (χ2n) is 11.0. The molecule has 0 aliphatic carbocycles. The summed E-state index contributed by atoms with van der Waals surface area (Å²) in [7, 11) is 9.84. The third-order valence-electron chi connectivity index (χ3n) is 7.98. The van der Waals surface area contributed by atoms with Crippen molar-refractivity contribution >= 4 is 33.4 Å². The first kappa shape index (κ1) is 32.2. The number of hydrogen-bond donors (Lipinski definition) is 2. The summed E-state index contributed by atoms with van der Waals surface area (Å²) in [5, 5.41) is 3.78. The van der Waals surface area contributed by atoms with Crippen molar-refractivity contribution in [2.75, 3.05) is 54.5 Å². The van der Waals surface area contributed by atoms with Gasteiger partial charge in [-0.05, 0) is 60.5 Å². The molecule has 46 heavy (non-hydrogen) atoms. The van der Waals surface area contributed by atoms with Crippen LogP contribution in [0.15, 0.2) is 71.5 Å². The zero-order valence-electron chi connectivity index (χ0n) is 27.0. The van der Waals surface area contributed by atoms with Gasteiger partial charge in [-0.25, -0.2) is 0 Å². The quantitative estimate of drug-likeness (QED) is 0.163. The monoisotopic (exact) mass is 625 g/mol. The SMILES string of the molecule is COc1ccc(CN(C)CCc2ccc(NC(=O)Cc3cccc4c(=O)c5c(OC)c(OC)c(OC)cc5[nH]c34)cc2)cc1OC. The highest BCUT2D eigenvalue weighted by Crippen LogP contribution is 2.42. The third kappa shape index (κ3) is 6.72. The van der Waals surface area contributed by atoms with Crippen LogP contribution in [0.5, 0.6) is 28.7 Å². The highest BCUT2D eigenvalue weighted by molar-refractivity contribution is 6.01. The Morgan fingerprint density at radius 2 is 1.48 bits per heavy atom. The Kier molecular flexibility index (Phi) is 9.97. The van der Waals surface area contributed by atoms with E-state index >= 15 is 0 Å². The summed E-state index contributed by atoms with van der Waals surface area (Å²) < 4.78 is 27.3. The molecule has 0 saturated heterocycles. The molecule has 0 saturated carbocycles. The Morgan fingerprint density at radius 1 is 0.783 bits per heavy atom. The number of pyridine rings is 1. The van der Waals surface area contributed by atoms with Crippen molar-refractivity contribution in [1.82, 2.24) is 9.88 Å². The lowest BCUT2D eigenvalue weighted by Gasteiger charge is -2.18. The number of nitrogens with zero attached hydrogens (tertiary/aromatic N) is 1. The number of benzene rings is 4. The number of anilines is 1. The molecule has 0 bridgehead atoms. The average molecular weight is 626 g/mol. The van der Waals surface area contributed by atoms with Crippen molar-refractivity contribution in [3.8, 4) is 28.7 Å². The minimum atomic E-state index is -0.228. The first-order valence-electron chi connectivity index (χ1n) is 14.8. The number of rotatable bonds is 13. The molecule has 0 aliphatic heterocycles. The van der Waals surface area contributed by atoms with E-state index in [9.17, 15) is 9.59 Å². The van der Waals surface area contributed by atoms with Crippen LogP contribution < -0.4 is 34.4 Å². The summed E-state index contributed by atoms with van der Waals surface area (Å²) in [6.07, 6.45) is 0.933. The molecule has 0 atom stereocenters. The minimum Gasteiger partial charge on any atom is -0.493 e. The van der Waals surface area contributed by atoms with Crippen LogP contribution in [-0.4, -0.2) is 64.9 Å². The summed E-state index contributed by atoms with van der Waals surface area (Å²) in [5.74, 6) is 2.29. The first-order valence-corrected chi connectivity index (χ1v) is 14.8. The van der Waals surface area contributed by atoms with Crippen LogP contribution in [-0.2, 0) is 24.2 Å². The van der Waals surface area contributed by atoms with E-state index in [0.29, 0.717) is 50.3 Å². The van der Waals surface area contributed by atoms with Crippen LogP contribution >= 0.6 is 0 Å². The molecule has 1 aromatic heterocycles. The fourth-order valence-electron chi connectivity index (χ4n) is 5.66. The topological polar surface area (TPSA) is 111 Å². The maximum Gasteiger partial charge on any atom is 0.228 e. The van der Waals surface area contributed by atoms with Crippen molar-refractivity contribution in [1.29, 1.82) is 0 Å². The maximum absolute atomic E-state index is 13.6. The van der Waals surface area contributed by atoms with E-state index in [1.807, 2.05) is 48.5 Å². The van der Waals surface area contributed by atoms with E-state index in [1.54, 1.807) is 32.4 Å². The van der Waals surface area contributed by atoms with Crippen molar-refractivity contribution in [3.05, 3.63) is 93.6 Å². The number of hydrogen-bond acceptors (Lipinski definition) is 8. The molecule has 10 nitrogen and oxygen atoms in total. The predicted octanol–water partition coefficient (Wildman–Crippen LogP) is 5.58. The number of carbonyl (C=O) groups is 1. The van der Waals surface area contributed by atoms with Gasteiger partial charge in [0.25, 0.3) is 0 Å². The first-order chi connectivity index (χ1) is 22.3.